The van der Waals surface area contributed by atoms with Crippen molar-refractivity contribution in [2.24, 2.45) is 0 Å². The number of para-hydroxylation sites is 3. The van der Waals surface area contributed by atoms with Crippen molar-refractivity contribution in [3.63, 3.8) is 0 Å². The molecular weight excluding hydrogens is 377 g/mol. The molecule has 0 bridgehead atoms. The molecule has 8 heteroatoms. The summed E-state index contributed by atoms with van der Waals surface area (Å²) in [4.78, 5) is 20.7. The van der Waals surface area contributed by atoms with Gasteiger partial charge in [-0.2, -0.15) is 9.97 Å². The molecular formula is C21H20FN3O4. The molecule has 150 valence electrons. The Morgan fingerprint density at radius 2 is 1.55 bits per heavy atom. The Balaban J connectivity index is 1.67. The average molecular weight is 397 g/mol. The number of carbonyl (C=O) groups is 1. The van der Waals surface area contributed by atoms with Crippen LogP contribution in [-0.2, 0) is 4.79 Å². The Hall–Kier alpha value is -3.68. The Kier molecular flexibility index (Phi) is 6.23. The van der Waals surface area contributed by atoms with Gasteiger partial charge in [-0.1, -0.05) is 24.3 Å². The molecule has 29 heavy (non-hydrogen) atoms. The second kappa shape index (κ2) is 9.01. The molecule has 0 saturated carbocycles. The number of anilines is 1. The molecule has 0 radical (unpaired) electrons. The van der Waals surface area contributed by atoms with E-state index in [-0.39, 0.29) is 24.3 Å². The molecule has 0 aliphatic carbocycles. The average Bonchev–Trinajstić information content (AvgIpc) is 2.71. The summed E-state index contributed by atoms with van der Waals surface area (Å²) in [5.74, 6) is 0.119. The van der Waals surface area contributed by atoms with Crippen molar-refractivity contribution < 1.29 is 23.4 Å². The molecule has 7 nitrogen and oxygen atoms in total. The third kappa shape index (κ3) is 4.98. The number of nitrogens with zero attached hydrogens (tertiary/aromatic N) is 2. The second-order valence-electron chi connectivity index (χ2n) is 6.07. The molecule has 1 amide bonds. The minimum absolute atomic E-state index is 0.00614. The van der Waals surface area contributed by atoms with Crippen LogP contribution in [0.1, 0.15) is 11.4 Å². The molecule has 0 spiro atoms. The van der Waals surface area contributed by atoms with E-state index in [0.717, 1.165) is 0 Å². The molecule has 1 aromatic heterocycles. The van der Waals surface area contributed by atoms with Gasteiger partial charge in [-0.25, -0.2) is 4.39 Å². The highest BCUT2D eigenvalue weighted by Gasteiger charge is 2.15. The number of carbonyl (C=O) groups excluding carboxylic acids is 1. The number of nitrogens with one attached hydrogen (secondary N) is 1. The second-order valence-corrected chi connectivity index (χ2v) is 6.07. The molecule has 0 unspecified atom stereocenters. The van der Waals surface area contributed by atoms with E-state index in [1.54, 1.807) is 50.2 Å². The number of aromatic nitrogens is 2. The van der Waals surface area contributed by atoms with Gasteiger partial charge in [-0.15, -0.1) is 0 Å². The zero-order chi connectivity index (χ0) is 20.8. The first-order valence-corrected chi connectivity index (χ1v) is 8.81. The highest BCUT2D eigenvalue weighted by Crippen LogP contribution is 2.27. The van der Waals surface area contributed by atoms with Gasteiger partial charge in [0.2, 0.25) is 0 Å². The van der Waals surface area contributed by atoms with Crippen LogP contribution in [0.3, 0.4) is 0 Å². The highest BCUT2D eigenvalue weighted by atomic mass is 19.1. The maximum Gasteiger partial charge on any atom is 0.322 e. The minimum atomic E-state index is -0.516. The minimum Gasteiger partial charge on any atom is -0.493 e. The summed E-state index contributed by atoms with van der Waals surface area (Å²) < 4.78 is 29.9. The molecule has 1 heterocycles. The molecule has 0 aliphatic heterocycles. The zero-order valence-electron chi connectivity index (χ0n) is 16.2. The smallest absolute Gasteiger partial charge is 0.322 e. The van der Waals surface area contributed by atoms with Crippen molar-refractivity contribution >= 4 is 11.6 Å². The lowest BCUT2D eigenvalue weighted by atomic mass is 10.3. The van der Waals surface area contributed by atoms with Crippen molar-refractivity contribution in [1.82, 2.24) is 9.97 Å². The summed E-state index contributed by atoms with van der Waals surface area (Å²) in [6.07, 6.45) is 0. The van der Waals surface area contributed by atoms with E-state index in [1.807, 2.05) is 0 Å². The van der Waals surface area contributed by atoms with Crippen LogP contribution in [0.5, 0.6) is 23.3 Å². The van der Waals surface area contributed by atoms with Gasteiger partial charge in [0.15, 0.2) is 29.7 Å². The Bertz CT molecular complexity index is 1000. The lowest BCUT2D eigenvalue weighted by Crippen LogP contribution is -2.22. The van der Waals surface area contributed by atoms with Crippen molar-refractivity contribution in [2.45, 2.75) is 13.8 Å². The standard InChI is InChI=1S/C21H20FN3O4/c1-13-20(25-19(26)12-28-18-11-7-6-10-17(18)27-3)14(2)24-21(23-13)29-16-9-5-4-8-15(16)22/h4-11H,12H2,1-3H3,(H,25,26). The largest absolute Gasteiger partial charge is 0.493 e. The fourth-order valence-corrected chi connectivity index (χ4v) is 2.59. The van der Waals surface area contributed by atoms with Crippen LogP contribution in [0.15, 0.2) is 48.5 Å². The Morgan fingerprint density at radius 1 is 0.966 bits per heavy atom. The Labute approximate surface area is 167 Å². The first kappa shape index (κ1) is 20.1. The molecule has 0 aliphatic rings. The molecule has 0 saturated heterocycles. The number of benzene rings is 2. The van der Waals surface area contributed by atoms with Gasteiger partial charge < -0.3 is 19.5 Å². The molecule has 1 N–H and O–H groups in total. The molecule has 2 aromatic carbocycles. The van der Waals surface area contributed by atoms with Gasteiger partial charge in [0, 0.05) is 0 Å². The normalized spacial score (nSPS) is 10.3. The topological polar surface area (TPSA) is 82.6 Å². The number of amides is 1. The number of ether oxygens (including phenoxy) is 3. The van der Waals surface area contributed by atoms with E-state index < -0.39 is 5.82 Å². The van der Waals surface area contributed by atoms with Gasteiger partial charge in [0.05, 0.1) is 24.2 Å². The maximum atomic E-state index is 13.7. The van der Waals surface area contributed by atoms with Gasteiger partial charge >= 0.3 is 6.01 Å². The quantitative estimate of drug-likeness (QED) is 0.648. The van der Waals surface area contributed by atoms with E-state index in [9.17, 15) is 9.18 Å². The number of halogens is 1. The maximum absolute atomic E-state index is 13.7. The first-order chi connectivity index (χ1) is 14.0. The third-order valence-corrected chi connectivity index (χ3v) is 3.98. The summed E-state index contributed by atoms with van der Waals surface area (Å²) in [6.45, 7) is 3.17. The van der Waals surface area contributed by atoms with Crippen LogP contribution >= 0.6 is 0 Å². The van der Waals surface area contributed by atoms with Crippen molar-refractivity contribution in [2.75, 3.05) is 19.0 Å². The predicted molar refractivity (Wildman–Crippen MR) is 105 cm³/mol. The Morgan fingerprint density at radius 3 is 2.17 bits per heavy atom. The first-order valence-electron chi connectivity index (χ1n) is 8.81. The summed E-state index contributed by atoms with van der Waals surface area (Å²) in [5.41, 5.74) is 1.41. The molecule has 3 aromatic rings. The van der Waals surface area contributed by atoms with E-state index in [1.165, 1.54) is 19.2 Å². The van der Waals surface area contributed by atoms with Crippen LogP contribution in [0.4, 0.5) is 10.1 Å². The van der Waals surface area contributed by atoms with E-state index in [2.05, 4.69) is 15.3 Å². The fraction of sp³-hybridized carbons (Fsp3) is 0.190. The summed E-state index contributed by atoms with van der Waals surface area (Å²) in [7, 11) is 1.53. The lowest BCUT2D eigenvalue weighted by molar-refractivity contribution is -0.118. The highest BCUT2D eigenvalue weighted by molar-refractivity contribution is 5.93. The zero-order valence-corrected chi connectivity index (χ0v) is 16.2. The summed E-state index contributed by atoms with van der Waals surface area (Å²) in [6, 6.07) is 13.0. The molecule has 0 fully saturated rings. The molecule has 3 rings (SSSR count). The molecule has 0 atom stereocenters. The van der Waals surface area contributed by atoms with Crippen LogP contribution in [0, 0.1) is 19.7 Å². The van der Waals surface area contributed by atoms with Crippen LogP contribution in [-0.4, -0.2) is 29.6 Å². The van der Waals surface area contributed by atoms with Gasteiger partial charge in [0.1, 0.15) is 0 Å². The van der Waals surface area contributed by atoms with Gasteiger partial charge in [-0.3, -0.25) is 4.79 Å². The van der Waals surface area contributed by atoms with Crippen LogP contribution in [0.25, 0.3) is 0 Å². The third-order valence-electron chi connectivity index (χ3n) is 3.98. The SMILES string of the molecule is COc1ccccc1OCC(=O)Nc1c(C)nc(Oc2ccccc2F)nc1C. The number of hydrogen-bond acceptors (Lipinski definition) is 6. The van der Waals surface area contributed by atoms with E-state index in [0.29, 0.717) is 28.6 Å². The lowest BCUT2D eigenvalue weighted by Gasteiger charge is -2.14. The fourth-order valence-electron chi connectivity index (χ4n) is 2.59. The van der Waals surface area contributed by atoms with Crippen molar-refractivity contribution in [3.8, 4) is 23.3 Å². The summed E-state index contributed by atoms with van der Waals surface area (Å²) in [5, 5.41) is 2.73. The van der Waals surface area contributed by atoms with Gasteiger partial charge in [0.25, 0.3) is 5.91 Å². The number of methoxy groups -OCH3 is 1. The van der Waals surface area contributed by atoms with E-state index in [4.69, 9.17) is 14.2 Å². The van der Waals surface area contributed by atoms with Crippen LogP contribution in [0.2, 0.25) is 0 Å². The number of rotatable bonds is 7. The summed E-state index contributed by atoms with van der Waals surface area (Å²) >= 11 is 0. The van der Waals surface area contributed by atoms with Gasteiger partial charge in [-0.05, 0) is 38.1 Å². The number of aryl methyl sites for hydroxylation is 2. The van der Waals surface area contributed by atoms with Crippen molar-refractivity contribution in [3.05, 3.63) is 65.7 Å². The van der Waals surface area contributed by atoms with Crippen LogP contribution < -0.4 is 19.5 Å². The predicted octanol–water partition coefficient (Wildman–Crippen LogP) is 4.05. The monoisotopic (exact) mass is 397 g/mol. The number of hydrogen-bond donors (Lipinski definition) is 1. The van der Waals surface area contributed by atoms with Crippen molar-refractivity contribution in [1.29, 1.82) is 0 Å². The van der Waals surface area contributed by atoms with E-state index >= 15 is 0 Å².